The van der Waals surface area contributed by atoms with Crippen LogP contribution in [0.2, 0.25) is 0 Å². The molecule has 0 amide bonds. The molecular formula is C15H16ClFO. The second kappa shape index (κ2) is 6.66. The van der Waals surface area contributed by atoms with Gasteiger partial charge in [-0.2, -0.15) is 0 Å². The Hall–Kier alpha value is -1.20. The summed E-state index contributed by atoms with van der Waals surface area (Å²) in [5, 5.41) is 0. The molecule has 1 nitrogen and oxygen atoms in total. The fraction of sp³-hybridized carbons (Fsp3) is 0.467. The molecule has 1 saturated carbocycles. The number of hydrogen-bond donors (Lipinski definition) is 0. The Morgan fingerprint density at radius 3 is 2.89 bits per heavy atom. The van der Waals surface area contributed by atoms with Crippen LogP contribution >= 0.6 is 11.6 Å². The van der Waals surface area contributed by atoms with E-state index in [-0.39, 0.29) is 5.82 Å². The number of hydrogen-bond acceptors (Lipinski definition) is 1. The quantitative estimate of drug-likeness (QED) is 0.592. The Kier molecular flexibility index (Phi) is 4.90. The van der Waals surface area contributed by atoms with E-state index in [1.807, 2.05) is 0 Å². The van der Waals surface area contributed by atoms with Crippen molar-refractivity contribution in [3.05, 3.63) is 29.6 Å². The van der Waals surface area contributed by atoms with Gasteiger partial charge >= 0.3 is 0 Å². The maximum atomic E-state index is 13.5. The van der Waals surface area contributed by atoms with Crippen molar-refractivity contribution in [2.45, 2.75) is 25.7 Å². The topological polar surface area (TPSA) is 9.23 Å². The number of rotatable bonds is 4. The van der Waals surface area contributed by atoms with Crippen LogP contribution < -0.4 is 4.74 Å². The van der Waals surface area contributed by atoms with Gasteiger partial charge in [-0.05, 0) is 37.0 Å². The zero-order chi connectivity index (χ0) is 12.8. The third-order valence-electron chi connectivity index (χ3n) is 3.08. The zero-order valence-corrected chi connectivity index (χ0v) is 11.0. The van der Waals surface area contributed by atoms with Crippen LogP contribution in [0.4, 0.5) is 4.39 Å². The zero-order valence-electron chi connectivity index (χ0n) is 10.2. The van der Waals surface area contributed by atoms with E-state index in [1.54, 1.807) is 12.1 Å². The minimum Gasteiger partial charge on any atom is -0.490 e. The predicted molar refractivity (Wildman–Crippen MR) is 71.5 cm³/mol. The first-order valence-electron chi connectivity index (χ1n) is 6.27. The minimum absolute atomic E-state index is 0.305. The fourth-order valence-corrected chi connectivity index (χ4v) is 1.87. The predicted octanol–water partition coefficient (Wildman–Crippen LogP) is 3.99. The average Bonchev–Trinajstić information content (AvgIpc) is 2.31. The number of halogens is 2. The van der Waals surface area contributed by atoms with Crippen LogP contribution in [0.3, 0.4) is 0 Å². The van der Waals surface area contributed by atoms with Crippen LogP contribution in [0, 0.1) is 23.6 Å². The Labute approximate surface area is 112 Å². The highest BCUT2D eigenvalue weighted by Crippen LogP contribution is 2.28. The Balaban J connectivity index is 1.99. The van der Waals surface area contributed by atoms with Crippen LogP contribution in [0.15, 0.2) is 18.2 Å². The molecule has 2 rings (SSSR count). The molecule has 3 heteroatoms. The van der Waals surface area contributed by atoms with E-state index < -0.39 is 0 Å². The van der Waals surface area contributed by atoms with E-state index in [9.17, 15) is 4.39 Å². The lowest BCUT2D eigenvalue weighted by Gasteiger charge is -2.25. The van der Waals surface area contributed by atoms with Crippen LogP contribution in [0.1, 0.15) is 31.2 Å². The summed E-state index contributed by atoms with van der Waals surface area (Å²) in [7, 11) is 0. The Bertz CT molecular complexity index is 457. The lowest BCUT2D eigenvalue weighted by molar-refractivity contribution is 0.175. The average molecular weight is 267 g/mol. The number of benzene rings is 1. The van der Waals surface area contributed by atoms with Crippen molar-refractivity contribution in [2.75, 3.05) is 12.5 Å². The van der Waals surface area contributed by atoms with Crippen molar-refractivity contribution in [1.82, 2.24) is 0 Å². The van der Waals surface area contributed by atoms with Gasteiger partial charge in [-0.15, -0.1) is 11.6 Å². The van der Waals surface area contributed by atoms with Gasteiger partial charge in [-0.25, -0.2) is 4.39 Å². The molecule has 18 heavy (non-hydrogen) atoms. The van der Waals surface area contributed by atoms with Gasteiger partial charge in [-0.1, -0.05) is 18.3 Å². The van der Waals surface area contributed by atoms with Crippen molar-refractivity contribution in [3.63, 3.8) is 0 Å². The molecule has 1 aromatic rings. The third kappa shape index (κ3) is 3.65. The smallest absolute Gasteiger partial charge is 0.165 e. The first-order valence-corrected chi connectivity index (χ1v) is 6.80. The van der Waals surface area contributed by atoms with Gasteiger partial charge in [-0.3, -0.25) is 0 Å². The van der Waals surface area contributed by atoms with E-state index in [0.29, 0.717) is 30.6 Å². The van der Waals surface area contributed by atoms with Crippen molar-refractivity contribution < 1.29 is 9.13 Å². The second-order valence-electron chi connectivity index (χ2n) is 4.49. The van der Waals surface area contributed by atoms with Gasteiger partial charge in [0.05, 0.1) is 6.61 Å². The highest BCUT2D eigenvalue weighted by atomic mass is 35.5. The molecule has 1 aliphatic rings. The summed E-state index contributed by atoms with van der Waals surface area (Å²) in [5.41, 5.74) is 0.769. The highest BCUT2D eigenvalue weighted by Gasteiger charge is 2.18. The molecule has 0 unspecified atom stereocenters. The summed E-state index contributed by atoms with van der Waals surface area (Å²) >= 11 is 5.54. The molecule has 0 N–H and O–H groups in total. The summed E-state index contributed by atoms with van der Waals surface area (Å²) in [4.78, 5) is 0. The maximum absolute atomic E-state index is 13.5. The van der Waals surface area contributed by atoms with Gasteiger partial charge in [0.25, 0.3) is 0 Å². The number of alkyl halides is 1. The van der Waals surface area contributed by atoms with Crippen molar-refractivity contribution in [2.24, 2.45) is 5.92 Å². The van der Waals surface area contributed by atoms with Gasteiger partial charge in [0, 0.05) is 17.9 Å². The molecular weight excluding hydrogens is 251 g/mol. The normalized spacial score (nSPS) is 14.6. The molecule has 96 valence electrons. The minimum atomic E-state index is -0.322. The molecule has 0 aliphatic heterocycles. The molecule has 1 aromatic carbocycles. The SMILES string of the molecule is Fc1ccc(C#CCCCl)cc1OCC1CCC1. The first kappa shape index (κ1) is 13.2. The second-order valence-corrected chi connectivity index (χ2v) is 4.87. The first-order chi connectivity index (χ1) is 8.79. The van der Waals surface area contributed by atoms with E-state index in [0.717, 1.165) is 5.56 Å². The molecule has 0 saturated heterocycles. The Morgan fingerprint density at radius 1 is 1.39 bits per heavy atom. The third-order valence-corrected chi connectivity index (χ3v) is 3.27. The monoisotopic (exact) mass is 266 g/mol. The summed E-state index contributed by atoms with van der Waals surface area (Å²) in [6.07, 6.45) is 4.28. The molecule has 0 aromatic heterocycles. The van der Waals surface area contributed by atoms with Crippen molar-refractivity contribution >= 4 is 11.6 Å². The lowest BCUT2D eigenvalue weighted by atomic mass is 9.86. The summed E-state index contributed by atoms with van der Waals surface area (Å²) < 4.78 is 19.1. The van der Waals surface area contributed by atoms with Crippen LogP contribution in [0.25, 0.3) is 0 Å². The summed E-state index contributed by atoms with van der Waals surface area (Å²) in [6, 6.07) is 4.73. The molecule has 0 bridgehead atoms. The van der Waals surface area contributed by atoms with E-state index in [1.165, 1.54) is 25.3 Å². The molecule has 1 aliphatic carbocycles. The summed E-state index contributed by atoms with van der Waals surface area (Å²) in [5.74, 6) is 6.96. The summed E-state index contributed by atoms with van der Waals surface area (Å²) in [6.45, 7) is 0.607. The molecule has 1 fully saturated rings. The van der Waals surface area contributed by atoms with Crippen LogP contribution in [0.5, 0.6) is 5.75 Å². The largest absolute Gasteiger partial charge is 0.490 e. The van der Waals surface area contributed by atoms with Crippen molar-refractivity contribution in [1.29, 1.82) is 0 Å². The van der Waals surface area contributed by atoms with Gasteiger partial charge in [0.15, 0.2) is 11.6 Å². The fourth-order valence-electron chi connectivity index (χ4n) is 1.77. The van der Waals surface area contributed by atoms with E-state index in [2.05, 4.69) is 11.8 Å². The van der Waals surface area contributed by atoms with E-state index in [4.69, 9.17) is 16.3 Å². The maximum Gasteiger partial charge on any atom is 0.165 e. The lowest BCUT2D eigenvalue weighted by Crippen LogP contribution is -2.19. The molecule has 0 atom stereocenters. The molecule has 0 radical (unpaired) electrons. The van der Waals surface area contributed by atoms with Crippen LogP contribution in [-0.2, 0) is 0 Å². The standard InChI is InChI=1S/C15H16ClFO/c16-9-2-1-4-12-7-8-14(17)15(10-12)18-11-13-5-3-6-13/h7-8,10,13H,2-3,5-6,9,11H2. The van der Waals surface area contributed by atoms with Crippen molar-refractivity contribution in [3.8, 4) is 17.6 Å². The Morgan fingerprint density at radius 2 is 2.22 bits per heavy atom. The van der Waals surface area contributed by atoms with Gasteiger partial charge < -0.3 is 4.74 Å². The molecule has 0 heterocycles. The van der Waals surface area contributed by atoms with Crippen LogP contribution in [-0.4, -0.2) is 12.5 Å². The number of ether oxygens (including phenoxy) is 1. The van der Waals surface area contributed by atoms with Gasteiger partial charge in [0.2, 0.25) is 0 Å². The highest BCUT2D eigenvalue weighted by molar-refractivity contribution is 6.18. The van der Waals surface area contributed by atoms with Gasteiger partial charge in [0.1, 0.15) is 0 Å². The molecule has 0 spiro atoms. The van der Waals surface area contributed by atoms with E-state index >= 15 is 0 Å².